The number of nitrogen functional groups attached to an aromatic ring is 1. The lowest BCUT2D eigenvalue weighted by atomic mass is 10.3. The highest BCUT2D eigenvalue weighted by atomic mass is 15.5. The summed E-state index contributed by atoms with van der Waals surface area (Å²) in [5, 5.41) is 4.69. The van der Waals surface area contributed by atoms with E-state index in [1.165, 1.54) is 5.01 Å². The zero-order valence-corrected chi connectivity index (χ0v) is 6.28. The van der Waals surface area contributed by atoms with Crippen molar-refractivity contribution in [3.05, 3.63) is 24.3 Å². The molecule has 11 heavy (non-hydrogen) atoms. The Labute approximate surface area is 65.1 Å². The molecule has 0 heterocycles. The summed E-state index contributed by atoms with van der Waals surface area (Å²) in [6, 6.07) is 7.18. The SMILES string of the molecule is CN(N=N)c1ccc(N)cc1. The van der Waals surface area contributed by atoms with Crippen LogP contribution in [-0.2, 0) is 0 Å². The van der Waals surface area contributed by atoms with Crippen molar-refractivity contribution in [2.45, 2.75) is 0 Å². The van der Waals surface area contributed by atoms with Gasteiger partial charge in [0.1, 0.15) is 0 Å². The maximum Gasteiger partial charge on any atom is 0.0609 e. The monoisotopic (exact) mass is 150 g/mol. The summed E-state index contributed by atoms with van der Waals surface area (Å²) in [6.07, 6.45) is 0. The van der Waals surface area contributed by atoms with Gasteiger partial charge in [0.2, 0.25) is 0 Å². The first-order valence-electron chi connectivity index (χ1n) is 3.20. The smallest absolute Gasteiger partial charge is 0.0609 e. The van der Waals surface area contributed by atoms with Crippen LogP contribution in [0.4, 0.5) is 11.4 Å². The van der Waals surface area contributed by atoms with Crippen molar-refractivity contribution < 1.29 is 0 Å². The van der Waals surface area contributed by atoms with Gasteiger partial charge in [-0.2, -0.15) is 5.53 Å². The standard InChI is InChI=1S/C7H10N4/c1-11(10-9)7-4-2-6(8)3-5-7/h2-5,9H,8H2,1H3. The largest absolute Gasteiger partial charge is 0.399 e. The van der Waals surface area contributed by atoms with Crippen molar-refractivity contribution in [1.82, 2.24) is 0 Å². The Morgan fingerprint density at radius 3 is 2.36 bits per heavy atom. The number of nitrogens with two attached hydrogens (primary N) is 1. The van der Waals surface area contributed by atoms with E-state index >= 15 is 0 Å². The first-order chi connectivity index (χ1) is 5.24. The van der Waals surface area contributed by atoms with E-state index in [1.54, 1.807) is 19.2 Å². The molecule has 0 spiro atoms. The van der Waals surface area contributed by atoms with Crippen molar-refractivity contribution in [3.8, 4) is 0 Å². The average Bonchev–Trinajstić information content (AvgIpc) is 2.05. The molecule has 0 radical (unpaired) electrons. The Balaban J connectivity index is 2.89. The normalized spacial score (nSPS) is 9.18. The van der Waals surface area contributed by atoms with Crippen LogP contribution in [0.1, 0.15) is 0 Å². The lowest BCUT2D eigenvalue weighted by Crippen LogP contribution is -2.06. The molecule has 1 aromatic carbocycles. The molecule has 0 bridgehead atoms. The molecule has 4 nitrogen and oxygen atoms in total. The summed E-state index contributed by atoms with van der Waals surface area (Å²) < 4.78 is 0. The molecular weight excluding hydrogens is 140 g/mol. The fourth-order valence-corrected chi connectivity index (χ4v) is 0.748. The van der Waals surface area contributed by atoms with Crippen molar-refractivity contribution in [1.29, 1.82) is 5.53 Å². The first-order valence-corrected chi connectivity index (χ1v) is 3.20. The molecule has 0 amide bonds. The molecule has 1 rings (SSSR count). The molecule has 0 fully saturated rings. The Morgan fingerprint density at radius 1 is 1.36 bits per heavy atom. The number of rotatable bonds is 2. The molecule has 0 aliphatic rings. The lowest BCUT2D eigenvalue weighted by Gasteiger charge is -2.09. The van der Waals surface area contributed by atoms with Crippen LogP contribution < -0.4 is 10.7 Å². The minimum atomic E-state index is 0.715. The van der Waals surface area contributed by atoms with E-state index in [2.05, 4.69) is 5.22 Å². The third-order valence-electron chi connectivity index (χ3n) is 1.42. The summed E-state index contributed by atoms with van der Waals surface area (Å²) in [4.78, 5) is 0. The van der Waals surface area contributed by atoms with Crippen LogP contribution in [0.25, 0.3) is 0 Å². The minimum absolute atomic E-state index is 0.715. The van der Waals surface area contributed by atoms with E-state index in [9.17, 15) is 0 Å². The van der Waals surface area contributed by atoms with E-state index in [0.717, 1.165) is 5.69 Å². The summed E-state index contributed by atoms with van der Waals surface area (Å²) in [6.45, 7) is 0. The van der Waals surface area contributed by atoms with Gasteiger partial charge in [-0.1, -0.05) is 5.22 Å². The summed E-state index contributed by atoms with van der Waals surface area (Å²) in [5.41, 5.74) is 13.8. The molecule has 58 valence electrons. The van der Waals surface area contributed by atoms with Gasteiger partial charge in [-0.3, -0.25) is 5.01 Å². The second kappa shape index (κ2) is 3.01. The molecule has 0 aromatic heterocycles. The van der Waals surface area contributed by atoms with Gasteiger partial charge in [-0.25, -0.2) is 0 Å². The van der Waals surface area contributed by atoms with Gasteiger partial charge in [0.15, 0.2) is 0 Å². The maximum atomic E-state index is 6.72. The van der Waals surface area contributed by atoms with Gasteiger partial charge in [0, 0.05) is 12.7 Å². The Morgan fingerprint density at radius 2 is 1.91 bits per heavy atom. The quantitative estimate of drug-likeness (QED) is 0.382. The topological polar surface area (TPSA) is 65.5 Å². The fraction of sp³-hybridized carbons (Fsp3) is 0.143. The van der Waals surface area contributed by atoms with Gasteiger partial charge in [-0.15, -0.1) is 0 Å². The molecule has 0 saturated carbocycles. The molecular formula is C7H10N4. The van der Waals surface area contributed by atoms with Crippen LogP contribution in [0.5, 0.6) is 0 Å². The highest BCUT2D eigenvalue weighted by Crippen LogP contribution is 2.14. The molecule has 0 aliphatic heterocycles. The summed E-state index contributed by atoms with van der Waals surface area (Å²) in [7, 11) is 1.71. The number of hydrogen-bond donors (Lipinski definition) is 2. The molecule has 4 heteroatoms. The van der Waals surface area contributed by atoms with Crippen LogP contribution in [0.2, 0.25) is 0 Å². The van der Waals surface area contributed by atoms with E-state index in [4.69, 9.17) is 11.3 Å². The number of hydrogen-bond acceptors (Lipinski definition) is 3. The van der Waals surface area contributed by atoms with E-state index in [1.807, 2.05) is 12.1 Å². The highest BCUT2D eigenvalue weighted by Gasteiger charge is 1.95. The van der Waals surface area contributed by atoms with Crippen LogP contribution in [0.3, 0.4) is 0 Å². The number of nitrogens with one attached hydrogen (secondary N) is 1. The number of benzene rings is 1. The fourth-order valence-electron chi connectivity index (χ4n) is 0.748. The van der Waals surface area contributed by atoms with Crippen LogP contribution in [0, 0.1) is 5.53 Å². The average molecular weight is 150 g/mol. The van der Waals surface area contributed by atoms with Gasteiger partial charge >= 0.3 is 0 Å². The minimum Gasteiger partial charge on any atom is -0.399 e. The van der Waals surface area contributed by atoms with E-state index < -0.39 is 0 Å². The van der Waals surface area contributed by atoms with Gasteiger partial charge < -0.3 is 5.73 Å². The van der Waals surface area contributed by atoms with Crippen molar-refractivity contribution >= 4 is 11.4 Å². The molecule has 3 N–H and O–H groups in total. The van der Waals surface area contributed by atoms with Crippen LogP contribution >= 0.6 is 0 Å². The number of nitrogens with zero attached hydrogens (tertiary/aromatic N) is 2. The van der Waals surface area contributed by atoms with Crippen molar-refractivity contribution in [2.75, 3.05) is 17.8 Å². The van der Waals surface area contributed by atoms with Crippen LogP contribution in [-0.4, -0.2) is 7.05 Å². The Kier molecular flexibility index (Phi) is 2.06. The predicted molar refractivity (Wildman–Crippen MR) is 44.4 cm³/mol. The predicted octanol–water partition coefficient (Wildman–Crippen LogP) is 1.65. The van der Waals surface area contributed by atoms with E-state index in [-0.39, 0.29) is 0 Å². The molecule has 0 unspecified atom stereocenters. The molecule has 0 atom stereocenters. The Hall–Kier alpha value is -1.58. The third-order valence-corrected chi connectivity index (χ3v) is 1.42. The summed E-state index contributed by atoms with van der Waals surface area (Å²) >= 11 is 0. The lowest BCUT2D eigenvalue weighted by molar-refractivity contribution is 0.878. The van der Waals surface area contributed by atoms with Crippen LogP contribution in [0.15, 0.2) is 29.5 Å². The van der Waals surface area contributed by atoms with E-state index in [0.29, 0.717) is 5.69 Å². The van der Waals surface area contributed by atoms with Gasteiger partial charge in [-0.05, 0) is 24.3 Å². The highest BCUT2D eigenvalue weighted by molar-refractivity contribution is 5.51. The zero-order chi connectivity index (χ0) is 8.27. The summed E-state index contributed by atoms with van der Waals surface area (Å²) in [5.74, 6) is 0. The molecule has 1 aromatic rings. The molecule has 0 aliphatic carbocycles. The second-order valence-electron chi connectivity index (χ2n) is 2.22. The number of anilines is 2. The van der Waals surface area contributed by atoms with Gasteiger partial charge in [0.05, 0.1) is 5.69 Å². The zero-order valence-electron chi connectivity index (χ0n) is 6.28. The van der Waals surface area contributed by atoms with Crippen molar-refractivity contribution in [2.24, 2.45) is 5.22 Å². The second-order valence-corrected chi connectivity index (χ2v) is 2.22. The molecule has 0 saturated heterocycles. The Bertz CT molecular complexity index is 241. The first kappa shape index (κ1) is 7.53. The maximum absolute atomic E-state index is 6.72. The third kappa shape index (κ3) is 1.67. The van der Waals surface area contributed by atoms with Gasteiger partial charge in [0.25, 0.3) is 0 Å². The van der Waals surface area contributed by atoms with Crippen molar-refractivity contribution in [3.63, 3.8) is 0 Å².